The number of carbonyl (C=O) groups excluding carboxylic acids is 2. The van der Waals surface area contributed by atoms with Crippen LogP contribution in [0.2, 0.25) is 10.0 Å². The molecule has 0 heterocycles. The Kier molecular flexibility index (Phi) is 12.4. The fraction of sp³-hybridized carbons (Fsp3) is 0.333. The highest BCUT2D eigenvalue weighted by molar-refractivity contribution is 7.92. The van der Waals surface area contributed by atoms with Gasteiger partial charge in [0.25, 0.3) is 5.69 Å². The summed E-state index contributed by atoms with van der Waals surface area (Å²) in [5, 5.41) is 14.9. The van der Waals surface area contributed by atoms with Crippen LogP contribution in [-0.4, -0.2) is 62.6 Å². The van der Waals surface area contributed by atoms with Crippen molar-refractivity contribution in [2.45, 2.75) is 38.8 Å². The molecule has 2 amide bonds. The highest BCUT2D eigenvalue weighted by atomic mass is 35.5. The number of rotatable bonds is 15. The van der Waals surface area contributed by atoms with Gasteiger partial charge in [-0.2, -0.15) is 0 Å². The zero-order valence-electron chi connectivity index (χ0n) is 24.5. The summed E-state index contributed by atoms with van der Waals surface area (Å²) in [5.74, 6) is -1.15. The van der Waals surface area contributed by atoms with Crippen molar-refractivity contribution in [3.05, 3.63) is 98.0 Å². The van der Waals surface area contributed by atoms with E-state index < -0.39 is 45.0 Å². The molecule has 1 N–H and O–H groups in total. The molecule has 0 fully saturated rings. The molecular weight excluding hydrogens is 631 g/mol. The van der Waals surface area contributed by atoms with Crippen molar-refractivity contribution in [3.63, 3.8) is 0 Å². The molecule has 236 valence electrons. The zero-order chi connectivity index (χ0) is 32.4. The fourth-order valence-electron chi connectivity index (χ4n) is 4.48. The molecule has 3 aromatic rings. The van der Waals surface area contributed by atoms with Crippen molar-refractivity contribution in [3.8, 4) is 5.75 Å². The van der Waals surface area contributed by atoms with Crippen LogP contribution in [0.4, 0.5) is 11.4 Å². The SMILES string of the molecule is CCCCNC(=O)[C@@H](Cc1ccccc1)N(Cc1ccc(Cl)c(Cl)c1)C(=O)CN(c1cc([N+](=O)[O-])ccc1OC)S(C)(=O)=O. The van der Waals surface area contributed by atoms with Crippen LogP contribution in [-0.2, 0) is 32.6 Å². The minimum atomic E-state index is -4.19. The number of carbonyl (C=O) groups is 2. The van der Waals surface area contributed by atoms with Gasteiger partial charge >= 0.3 is 0 Å². The highest BCUT2D eigenvalue weighted by Crippen LogP contribution is 2.34. The third-order valence-electron chi connectivity index (χ3n) is 6.76. The van der Waals surface area contributed by atoms with E-state index in [-0.39, 0.29) is 29.4 Å². The molecule has 0 unspecified atom stereocenters. The normalized spacial score (nSPS) is 11.8. The number of nitro benzene ring substituents is 1. The summed E-state index contributed by atoms with van der Waals surface area (Å²) in [6.45, 7) is 1.48. The van der Waals surface area contributed by atoms with E-state index in [2.05, 4.69) is 5.32 Å². The number of non-ortho nitro benzene ring substituents is 1. The molecule has 14 heteroatoms. The number of amides is 2. The Balaban J connectivity index is 2.13. The van der Waals surface area contributed by atoms with Crippen LogP contribution in [0.1, 0.15) is 30.9 Å². The van der Waals surface area contributed by atoms with E-state index in [4.69, 9.17) is 27.9 Å². The number of halogens is 2. The van der Waals surface area contributed by atoms with Gasteiger partial charge in [-0.25, -0.2) is 8.42 Å². The van der Waals surface area contributed by atoms with Crippen LogP contribution >= 0.6 is 23.2 Å². The van der Waals surface area contributed by atoms with Gasteiger partial charge in [0, 0.05) is 31.6 Å². The van der Waals surface area contributed by atoms with E-state index >= 15 is 0 Å². The smallest absolute Gasteiger partial charge is 0.271 e. The average Bonchev–Trinajstić information content (AvgIpc) is 2.99. The van der Waals surface area contributed by atoms with Crippen molar-refractivity contribution in [1.29, 1.82) is 0 Å². The number of methoxy groups -OCH3 is 1. The number of sulfonamides is 1. The fourth-order valence-corrected chi connectivity index (χ4v) is 5.64. The molecule has 11 nitrogen and oxygen atoms in total. The first-order valence-electron chi connectivity index (χ1n) is 13.7. The summed E-state index contributed by atoms with van der Waals surface area (Å²) >= 11 is 12.4. The standard InChI is InChI=1S/C30H34Cl2N4O7S/c1-4-5-15-33-30(38)27(17-21-9-7-6-8-10-21)34(19-22-11-13-24(31)25(32)16-22)29(37)20-35(44(3,41)42)26-18-23(36(39)40)12-14-28(26)43-2/h6-14,16,18,27H,4-5,15,17,19-20H2,1-3H3,(H,33,38)/t27-/m1/s1. The number of nitrogens with one attached hydrogen (secondary N) is 1. The zero-order valence-corrected chi connectivity index (χ0v) is 26.9. The topological polar surface area (TPSA) is 139 Å². The third kappa shape index (κ3) is 9.31. The molecule has 0 saturated carbocycles. The number of nitrogens with zero attached hydrogens (tertiary/aromatic N) is 3. The molecule has 0 aliphatic rings. The first kappa shape index (κ1) is 34.6. The molecule has 0 aliphatic carbocycles. The second-order valence-electron chi connectivity index (χ2n) is 10.0. The van der Waals surface area contributed by atoms with Crippen LogP contribution in [0.3, 0.4) is 0 Å². The minimum absolute atomic E-state index is 0.00278. The van der Waals surface area contributed by atoms with Crippen molar-refractivity contribution in [2.75, 3.05) is 30.8 Å². The van der Waals surface area contributed by atoms with Crippen LogP contribution in [0.5, 0.6) is 5.75 Å². The lowest BCUT2D eigenvalue weighted by molar-refractivity contribution is -0.384. The Morgan fingerprint density at radius 3 is 2.32 bits per heavy atom. The Bertz CT molecular complexity index is 1590. The van der Waals surface area contributed by atoms with E-state index in [0.717, 1.165) is 41.1 Å². The van der Waals surface area contributed by atoms with Crippen LogP contribution in [0.15, 0.2) is 66.7 Å². The lowest BCUT2D eigenvalue weighted by Gasteiger charge is -2.33. The Hall–Kier alpha value is -3.87. The second-order valence-corrected chi connectivity index (χ2v) is 12.7. The van der Waals surface area contributed by atoms with Crippen LogP contribution < -0.4 is 14.4 Å². The van der Waals surface area contributed by atoms with Gasteiger partial charge in [-0.3, -0.25) is 24.0 Å². The van der Waals surface area contributed by atoms with Gasteiger partial charge in [0.1, 0.15) is 24.0 Å². The van der Waals surface area contributed by atoms with Crippen LogP contribution in [0, 0.1) is 10.1 Å². The van der Waals surface area contributed by atoms with Gasteiger partial charge in [0.05, 0.1) is 28.3 Å². The van der Waals surface area contributed by atoms with Gasteiger partial charge < -0.3 is 15.0 Å². The number of unbranched alkanes of at least 4 members (excludes halogenated alkanes) is 1. The molecule has 0 saturated heterocycles. The van der Waals surface area contributed by atoms with Crippen molar-refractivity contribution < 1.29 is 27.7 Å². The Morgan fingerprint density at radius 1 is 1.02 bits per heavy atom. The quantitative estimate of drug-likeness (QED) is 0.133. The van der Waals surface area contributed by atoms with Crippen molar-refractivity contribution in [2.24, 2.45) is 0 Å². The summed E-state index contributed by atoms with van der Waals surface area (Å²) in [5.41, 5.74) is 0.729. The molecule has 0 aromatic heterocycles. The Morgan fingerprint density at radius 2 is 1.73 bits per heavy atom. The molecule has 3 aromatic carbocycles. The highest BCUT2D eigenvalue weighted by Gasteiger charge is 2.34. The summed E-state index contributed by atoms with van der Waals surface area (Å²) in [4.78, 5) is 40.0. The summed E-state index contributed by atoms with van der Waals surface area (Å²) in [7, 11) is -2.91. The molecule has 0 aliphatic heterocycles. The van der Waals surface area contributed by atoms with E-state index in [1.165, 1.54) is 18.1 Å². The average molecular weight is 666 g/mol. The first-order valence-corrected chi connectivity index (χ1v) is 16.3. The maximum Gasteiger partial charge on any atom is 0.271 e. The second kappa shape index (κ2) is 15.7. The summed E-state index contributed by atoms with van der Waals surface area (Å²) in [6.07, 6.45) is 2.56. The number of hydrogen-bond donors (Lipinski definition) is 1. The molecule has 0 bridgehead atoms. The van der Waals surface area contributed by atoms with Gasteiger partial charge in [-0.1, -0.05) is 72.9 Å². The van der Waals surface area contributed by atoms with E-state index in [0.29, 0.717) is 17.1 Å². The van der Waals surface area contributed by atoms with E-state index in [9.17, 15) is 28.1 Å². The van der Waals surface area contributed by atoms with Crippen molar-refractivity contribution in [1.82, 2.24) is 10.2 Å². The molecule has 3 rings (SSSR count). The van der Waals surface area contributed by atoms with Crippen molar-refractivity contribution >= 4 is 56.4 Å². The lowest BCUT2D eigenvalue weighted by atomic mass is 10.0. The number of benzene rings is 3. The van der Waals surface area contributed by atoms with Gasteiger partial charge in [0.15, 0.2) is 0 Å². The number of anilines is 1. The van der Waals surface area contributed by atoms with Gasteiger partial charge in [0.2, 0.25) is 21.8 Å². The van der Waals surface area contributed by atoms with E-state index in [1.54, 1.807) is 18.2 Å². The monoisotopic (exact) mass is 664 g/mol. The summed E-state index contributed by atoms with van der Waals surface area (Å²) < 4.78 is 32.2. The number of hydrogen-bond acceptors (Lipinski definition) is 7. The van der Waals surface area contributed by atoms with Gasteiger partial charge in [-0.15, -0.1) is 0 Å². The van der Waals surface area contributed by atoms with E-state index in [1.807, 2.05) is 37.3 Å². The molecule has 1 atom stereocenters. The van der Waals surface area contributed by atoms with Gasteiger partial charge in [-0.05, 0) is 35.7 Å². The minimum Gasteiger partial charge on any atom is -0.495 e. The maximum absolute atomic E-state index is 14.2. The summed E-state index contributed by atoms with van der Waals surface area (Å²) in [6, 6.07) is 16.3. The predicted octanol–water partition coefficient (Wildman–Crippen LogP) is 5.23. The number of nitro groups is 1. The maximum atomic E-state index is 14.2. The Labute approximate surface area is 266 Å². The number of ether oxygens (including phenoxy) is 1. The predicted molar refractivity (Wildman–Crippen MR) is 171 cm³/mol. The molecule has 44 heavy (non-hydrogen) atoms. The largest absolute Gasteiger partial charge is 0.495 e. The first-order chi connectivity index (χ1) is 20.8. The van der Waals surface area contributed by atoms with Crippen LogP contribution in [0.25, 0.3) is 0 Å². The molecule has 0 spiro atoms. The molecular formula is C30H34Cl2N4O7S. The molecule has 0 radical (unpaired) electrons. The lowest BCUT2D eigenvalue weighted by Crippen LogP contribution is -2.53. The third-order valence-corrected chi connectivity index (χ3v) is 8.62.